The first-order valence-electron chi connectivity index (χ1n) is 13.3. The van der Waals surface area contributed by atoms with Gasteiger partial charge in [-0.2, -0.15) is 19.7 Å². The summed E-state index contributed by atoms with van der Waals surface area (Å²) in [5.74, 6) is 0.819. The molecule has 6 rings (SSSR count). The van der Waals surface area contributed by atoms with Gasteiger partial charge in [-0.1, -0.05) is 59.4 Å². The van der Waals surface area contributed by atoms with E-state index in [1.165, 1.54) is 4.52 Å². The number of aromatic nitrogens is 5. The standard InChI is InChI=1S/C32H27N5O3S/c1-4-40-27-15-14-23(16-21(27)3)29-24(19-36(35-29)25-8-6-5-7-9-25)18-28-31(39)37-32(41-28)33-30(38)26(34-37)17-22-12-10-20(2)11-13-22/h5-16,18-19H,4,17H2,1-3H3/b28-18-. The van der Waals surface area contributed by atoms with Gasteiger partial charge in [-0.15, -0.1) is 0 Å². The number of fused-ring (bicyclic) bond motifs is 1. The van der Waals surface area contributed by atoms with E-state index in [0.29, 0.717) is 23.3 Å². The third-order valence-corrected chi connectivity index (χ3v) is 7.70. The van der Waals surface area contributed by atoms with E-state index < -0.39 is 5.56 Å². The molecule has 3 aromatic heterocycles. The van der Waals surface area contributed by atoms with Crippen LogP contribution in [0.5, 0.6) is 5.75 Å². The van der Waals surface area contributed by atoms with Crippen LogP contribution in [0.2, 0.25) is 0 Å². The predicted octanol–water partition coefficient (Wildman–Crippen LogP) is 4.52. The van der Waals surface area contributed by atoms with Crippen LogP contribution in [-0.4, -0.2) is 31.0 Å². The molecule has 0 saturated carbocycles. The second-order valence-electron chi connectivity index (χ2n) is 9.76. The molecule has 0 aliphatic carbocycles. The minimum Gasteiger partial charge on any atom is -0.494 e. The van der Waals surface area contributed by atoms with Crippen molar-refractivity contribution in [2.75, 3.05) is 6.61 Å². The van der Waals surface area contributed by atoms with E-state index in [4.69, 9.17) is 9.84 Å². The Balaban J connectivity index is 1.47. The van der Waals surface area contributed by atoms with Crippen molar-refractivity contribution in [2.24, 2.45) is 0 Å². The largest absolute Gasteiger partial charge is 0.494 e. The SMILES string of the molecule is CCOc1ccc(-c2nn(-c3ccccc3)cc2/C=c2\sc3nc(=O)c(Cc4ccc(C)cc4)nn3c2=O)cc1C. The summed E-state index contributed by atoms with van der Waals surface area (Å²) in [4.78, 5) is 30.7. The average Bonchev–Trinajstić information content (AvgIpc) is 3.52. The molecule has 0 amide bonds. The molecule has 0 radical (unpaired) electrons. The summed E-state index contributed by atoms with van der Waals surface area (Å²) in [6.07, 6.45) is 3.99. The van der Waals surface area contributed by atoms with Crippen LogP contribution in [0, 0.1) is 13.8 Å². The second kappa shape index (κ2) is 10.9. The minimum absolute atomic E-state index is 0.232. The lowest BCUT2D eigenvalue weighted by molar-refractivity contribution is 0.338. The fraction of sp³-hybridized carbons (Fsp3) is 0.156. The van der Waals surface area contributed by atoms with Crippen LogP contribution in [0.1, 0.15) is 34.9 Å². The molecule has 0 bridgehead atoms. The molecule has 0 saturated heterocycles. The monoisotopic (exact) mass is 561 g/mol. The van der Waals surface area contributed by atoms with Crippen molar-refractivity contribution in [3.05, 3.63) is 132 Å². The van der Waals surface area contributed by atoms with E-state index >= 15 is 0 Å². The van der Waals surface area contributed by atoms with Crippen molar-refractivity contribution in [1.82, 2.24) is 24.4 Å². The number of nitrogens with zero attached hydrogens (tertiary/aromatic N) is 5. The third kappa shape index (κ3) is 5.31. The molecular formula is C32H27N5O3S. The molecule has 6 aromatic rings. The normalized spacial score (nSPS) is 11.8. The summed E-state index contributed by atoms with van der Waals surface area (Å²) in [6, 6.07) is 23.6. The number of benzene rings is 3. The van der Waals surface area contributed by atoms with Gasteiger partial charge < -0.3 is 4.74 Å². The van der Waals surface area contributed by atoms with E-state index in [2.05, 4.69) is 10.1 Å². The van der Waals surface area contributed by atoms with Crippen LogP contribution in [0.15, 0.2) is 88.6 Å². The van der Waals surface area contributed by atoms with Gasteiger partial charge in [0.2, 0.25) is 4.96 Å². The highest BCUT2D eigenvalue weighted by Gasteiger charge is 2.16. The molecule has 41 heavy (non-hydrogen) atoms. The van der Waals surface area contributed by atoms with E-state index in [1.54, 1.807) is 10.8 Å². The molecule has 204 valence electrons. The van der Waals surface area contributed by atoms with E-state index in [9.17, 15) is 9.59 Å². The van der Waals surface area contributed by atoms with Gasteiger partial charge in [0.05, 0.1) is 16.8 Å². The molecule has 0 spiro atoms. The molecule has 9 heteroatoms. The lowest BCUT2D eigenvalue weighted by Crippen LogP contribution is -2.28. The summed E-state index contributed by atoms with van der Waals surface area (Å²) in [7, 11) is 0. The van der Waals surface area contributed by atoms with E-state index in [0.717, 1.165) is 50.6 Å². The number of para-hydroxylation sites is 1. The van der Waals surface area contributed by atoms with Gasteiger partial charge >= 0.3 is 0 Å². The van der Waals surface area contributed by atoms with Crippen molar-refractivity contribution >= 4 is 22.4 Å². The maximum absolute atomic E-state index is 13.5. The lowest BCUT2D eigenvalue weighted by Gasteiger charge is -2.08. The molecule has 0 N–H and O–H groups in total. The Morgan fingerprint density at radius 2 is 1.73 bits per heavy atom. The van der Waals surface area contributed by atoms with Crippen molar-refractivity contribution < 1.29 is 4.74 Å². The molecule has 0 aliphatic rings. The highest BCUT2D eigenvalue weighted by atomic mass is 32.1. The molecule has 0 fully saturated rings. The zero-order chi connectivity index (χ0) is 28.5. The first-order valence-corrected chi connectivity index (χ1v) is 14.1. The number of hydrogen-bond acceptors (Lipinski definition) is 7. The Labute approximate surface area is 239 Å². The average molecular weight is 562 g/mol. The van der Waals surface area contributed by atoms with Crippen LogP contribution in [0.25, 0.3) is 28.0 Å². The Bertz CT molecular complexity index is 2040. The smallest absolute Gasteiger partial charge is 0.296 e. The third-order valence-electron chi connectivity index (χ3n) is 6.74. The summed E-state index contributed by atoms with van der Waals surface area (Å²) < 4.78 is 9.16. The highest BCUT2D eigenvalue weighted by molar-refractivity contribution is 7.15. The zero-order valence-corrected chi connectivity index (χ0v) is 23.7. The summed E-state index contributed by atoms with van der Waals surface area (Å²) in [5.41, 5.74) is 5.78. The molecule has 0 atom stereocenters. The van der Waals surface area contributed by atoms with Crippen LogP contribution < -0.4 is 20.4 Å². The number of thiazole rings is 1. The Kier molecular flexibility index (Phi) is 7.03. The first-order chi connectivity index (χ1) is 19.9. The van der Waals surface area contributed by atoms with Crippen molar-refractivity contribution in [2.45, 2.75) is 27.2 Å². The fourth-order valence-electron chi connectivity index (χ4n) is 4.64. The zero-order valence-electron chi connectivity index (χ0n) is 22.9. The number of aryl methyl sites for hydroxylation is 2. The maximum atomic E-state index is 13.5. The van der Waals surface area contributed by atoms with Crippen LogP contribution in [-0.2, 0) is 6.42 Å². The van der Waals surface area contributed by atoms with Gasteiger partial charge in [-0.25, -0.2) is 4.68 Å². The van der Waals surface area contributed by atoms with Gasteiger partial charge in [-0.3, -0.25) is 9.59 Å². The number of rotatable bonds is 7. The van der Waals surface area contributed by atoms with Crippen LogP contribution in [0.4, 0.5) is 0 Å². The number of ether oxygens (including phenoxy) is 1. The van der Waals surface area contributed by atoms with Gasteiger partial charge in [0, 0.05) is 23.7 Å². The molecular weight excluding hydrogens is 534 g/mol. The number of hydrogen-bond donors (Lipinski definition) is 0. The van der Waals surface area contributed by atoms with Crippen molar-refractivity contribution in [1.29, 1.82) is 0 Å². The second-order valence-corrected chi connectivity index (χ2v) is 10.8. The Morgan fingerprint density at radius 1 is 0.951 bits per heavy atom. The summed E-state index contributed by atoms with van der Waals surface area (Å²) in [6.45, 7) is 6.54. The lowest BCUT2D eigenvalue weighted by atomic mass is 10.0. The van der Waals surface area contributed by atoms with Gasteiger partial charge in [-0.05, 0) is 68.3 Å². The quantitative estimate of drug-likeness (QED) is 0.285. The Hall–Kier alpha value is -4.89. The molecule has 3 aromatic carbocycles. The predicted molar refractivity (Wildman–Crippen MR) is 161 cm³/mol. The Morgan fingerprint density at radius 3 is 2.46 bits per heavy atom. The van der Waals surface area contributed by atoms with Crippen LogP contribution in [0.3, 0.4) is 0 Å². The summed E-state index contributed by atoms with van der Waals surface area (Å²) in [5, 5.41) is 9.30. The molecule has 8 nitrogen and oxygen atoms in total. The fourth-order valence-corrected chi connectivity index (χ4v) is 5.53. The van der Waals surface area contributed by atoms with Crippen molar-refractivity contribution in [3.8, 4) is 22.7 Å². The topological polar surface area (TPSA) is 91.4 Å². The first kappa shape index (κ1) is 26.3. The highest BCUT2D eigenvalue weighted by Crippen LogP contribution is 2.29. The van der Waals surface area contributed by atoms with Crippen molar-refractivity contribution in [3.63, 3.8) is 0 Å². The van der Waals surface area contributed by atoms with Gasteiger partial charge in [0.15, 0.2) is 0 Å². The van der Waals surface area contributed by atoms with Crippen LogP contribution >= 0.6 is 11.3 Å². The van der Waals surface area contributed by atoms with Gasteiger partial charge in [0.25, 0.3) is 11.1 Å². The van der Waals surface area contributed by atoms with E-state index in [-0.39, 0.29) is 16.2 Å². The van der Waals surface area contributed by atoms with E-state index in [1.807, 2.05) is 99.8 Å². The molecule has 0 unspecified atom stereocenters. The summed E-state index contributed by atoms with van der Waals surface area (Å²) >= 11 is 1.14. The molecule has 0 aliphatic heterocycles. The minimum atomic E-state index is -0.430. The van der Waals surface area contributed by atoms with Gasteiger partial charge in [0.1, 0.15) is 17.1 Å². The molecule has 3 heterocycles. The maximum Gasteiger partial charge on any atom is 0.296 e.